The number of carbonyl (C=O) groups excluding carboxylic acids is 3. The van der Waals surface area contributed by atoms with E-state index in [1.807, 2.05) is 0 Å². The van der Waals surface area contributed by atoms with Gasteiger partial charge in [-0.3, -0.25) is 0 Å². The van der Waals surface area contributed by atoms with Gasteiger partial charge in [-0.25, -0.2) is 14.4 Å². The lowest BCUT2D eigenvalue weighted by atomic mass is 9.99. The van der Waals surface area contributed by atoms with E-state index in [-0.39, 0.29) is 22.3 Å². The lowest BCUT2D eigenvalue weighted by molar-refractivity contribution is -0.196. The van der Waals surface area contributed by atoms with Crippen molar-refractivity contribution in [1.82, 2.24) is 0 Å². The van der Waals surface area contributed by atoms with Crippen molar-refractivity contribution in [3.63, 3.8) is 0 Å². The van der Waals surface area contributed by atoms with Crippen LogP contribution in [0.1, 0.15) is 42.2 Å². The highest BCUT2D eigenvalue weighted by molar-refractivity contribution is 5.92. The molecule has 0 amide bonds. The van der Waals surface area contributed by atoms with Crippen LogP contribution in [0, 0.1) is 6.92 Å². The van der Waals surface area contributed by atoms with Crippen LogP contribution in [0.2, 0.25) is 0 Å². The number of phenolic OH excluding ortho intramolecular Hbond substituents is 6. The molecule has 1 heterocycles. The largest absolute Gasteiger partial charge is 0.504 e. The first-order valence-corrected chi connectivity index (χ1v) is 13.0. The molecule has 45 heavy (non-hydrogen) atoms. The fourth-order valence-corrected chi connectivity index (χ4v) is 4.39. The molecule has 9 N–H and O–H groups in total. The minimum absolute atomic E-state index is 0.156. The second kappa shape index (κ2) is 13.0. The average Bonchev–Trinajstić information content (AvgIpc) is 3.00. The van der Waals surface area contributed by atoms with E-state index < -0.39 is 108 Å². The molecule has 1 aliphatic rings. The Labute approximate surface area is 253 Å². The van der Waals surface area contributed by atoms with E-state index >= 15 is 0 Å². The van der Waals surface area contributed by atoms with E-state index in [1.165, 1.54) is 13.0 Å². The van der Waals surface area contributed by atoms with E-state index in [0.29, 0.717) is 0 Å². The Balaban J connectivity index is 1.57. The summed E-state index contributed by atoms with van der Waals surface area (Å²) in [5, 5.41) is 88.8. The van der Waals surface area contributed by atoms with Crippen molar-refractivity contribution < 1.29 is 79.3 Å². The zero-order valence-corrected chi connectivity index (χ0v) is 23.3. The maximum absolute atomic E-state index is 13.0. The van der Waals surface area contributed by atoms with Gasteiger partial charge in [0.1, 0.15) is 18.8 Å². The standard InChI is InChI=1S/C29H28O16/c1-11-2-12(4-16(31)22(11)35)27(39)43-10-21-26(45-29(41)13-3-15(8-30)23(36)17(32)5-13)25(38)20(9-42-21)44-28(40)14-6-18(33)24(37)19(34)7-14/h2-7,20-21,25-26,30-38H,8-10H2,1H3. The maximum atomic E-state index is 13.0. The van der Waals surface area contributed by atoms with Crippen molar-refractivity contribution in [2.45, 2.75) is 37.9 Å². The van der Waals surface area contributed by atoms with Crippen molar-refractivity contribution >= 4 is 17.9 Å². The number of esters is 3. The minimum Gasteiger partial charge on any atom is -0.504 e. The number of aliphatic hydroxyl groups is 2. The highest BCUT2D eigenvalue weighted by atomic mass is 16.6. The van der Waals surface area contributed by atoms with Gasteiger partial charge in [-0.2, -0.15) is 0 Å². The molecule has 4 unspecified atom stereocenters. The van der Waals surface area contributed by atoms with E-state index in [9.17, 15) is 60.3 Å². The van der Waals surface area contributed by atoms with Crippen LogP contribution in [0.25, 0.3) is 0 Å². The van der Waals surface area contributed by atoms with Crippen LogP contribution >= 0.6 is 0 Å². The first kappa shape index (κ1) is 32.5. The second-order valence-corrected chi connectivity index (χ2v) is 9.96. The van der Waals surface area contributed by atoms with Gasteiger partial charge < -0.3 is 64.9 Å². The van der Waals surface area contributed by atoms with Crippen LogP contribution in [0.3, 0.4) is 0 Å². The van der Waals surface area contributed by atoms with Crippen molar-refractivity contribution in [2.75, 3.05) is 13.2 Å². The highest BCUT2D eigenvalue weighted by Crippen LogP contribution is 2.36. The summed E-state index contributed by atoms with van der Waals surface area (Å²) in [5.41, 5.74) is -1.02. The molecule has 1 aliphatic heterocycles. The number of rotatable bonds is 8. The predicted molar refractivity (Wildman–Crippen MR) is 146 cm³/mol. The van der Waals surface area contributed by atoms with E-state index in [4.69, 9.17) is 18.9 Å². The quantitative estimate of drug-likeness (QED) is 0.0943. The number of carbonyl (C=O) groups is 3. The van der Waals surface area contributed by atoms with Gasteiger partial charge in [0, 0.05) is 5.56 Å². The Morgan fingerprint density at radius 2 is 1.24 bits per heavy atom. The lowest BCUT2D eigenvalue weighted by Crippen LogP contribution is -2.57. The van der Waals surface area contributed by atoms with Crippen LogP contribution in [-0.2, 0) is 25.6 Å². The zero-order valence-electron chi connectivity index (χ0n) is 23.3. The van der Waals surface area contributed by atoms with Crippen LogP contribution in [0.5, 0.6) is 40.2 Å². The molecule has 1 fully saturated rings. The Kier molecular flexibility index (Phi) is 9.41. The van der Waals surface area contributed by atoms with Gasteiger partial charge in [-0.15, -0.1) is 0 Å². The Morgan fingerprint density at radius 3 is 1.82 bits per heavy atom. The van der Waals surface area contributed by atoms with Crippen LogP contribution in [0.15, 0.2) is 36.4 Å². The summed E-state index contributed by atoms with van der Waals surface area (Å²) in [6.45, 7) is -0.529. The Bertz CT molecular complexity index is 1580. The molecule has 0 aromatic heterocycles. The van der Waals surface area contributed by atoms with Crippen molar-refractivity contribution in [1.29, 1.82) is 0 Å². The molecule has 16 heteroatoms. The second-order valence-electron chi connectivity index (χ2n) is 9.96. The number of aryl methyl sites for hydroxylation is 1. The topological polar surface area (TPSA) is 270 Å². The van der Waals surface area contributed by atoms with Gasteiger partial charge in [0.05, 0.1) is 29.9 Å². The van der Waals surface area contributed by atoms with Crippen LogP contribution in [0.4, 0.5) is 0 Å². The van der Waals surface area contributed by atoms with Crippen LogP contribution in [-0.4, -0.2) is 101 Å². The molecular weight excluding hydrogens is 604 g/mol. The average molecular weight is 633 g/mol. The van der Waals surface area contributed by atoms with Crippen LogP contribution < -0.4 is 0 Å². The molecule has 4 atom stereocenters. The molecule has 240 valence electrons. The van der Waals surface area contributed by atoms with Crippen molar-refractivity contribution in [2.24, 2.45) is 0 Å². The predicted octanol–water partition coefficient (Wildman–Crippen LogP) is 0.794. The fourth-order valence-electron chi connectivity index (χ4n) is 4.39. The minimum atomic E-state index is -1.85. The van der Waals surface area contributed by atoms with Crippen molar-refractivity contribution in [3.05, 3.63) is 64.2 Å². The number of benzene rings is 3. The molecule has 16 nitrogen and oxygen atoms in total. The summed E-state index contributed by atoms with van der Waals surface area (Å²) in [5.74, 6) is -8.44. The highest BCUT2D eigenvalue weighted by Gasteiger charge is 2.45. The summed E-state index contributed by atoms with van der Waals surface area (Å²) in [6.07, 6.45) is -6.50. The molecule has 3 aromatic carbocycles. The lowest BCUT2D eigenvalue weighted by Gasteiger charge is -2.38. The van der Waals surface area contributed by atoms with Gasteiger partial charge in [0.15, 0.2) is 52.5 Å². The molecular formula is C29H28O16. The van der Waals surface area contributed by atoms with Gasteiger partial charge in [-0.1, -0.05) is 0 Å². The van der Waals surface area contributed by atoms with E-state index in [1.54, 1.807) is 0 Å². The molecule has 0 aliphatic carbocycles. The Hall–Kier alpha value is -5.45. The first-order valence-electron chi connectivity index (χ1n) is 13.0. The molecule has 0 spiro atoms. The summed E-state index contributed by atoms with van der Waals surface area (Å²) >= 11 is 0. The summed E-state index contributed by atoms with van der Waals surface area (Å²) < 4.78 is 21.5. The third-order valence-electron chi connectivity index (χ3n) is 6.83. The Morgan fingerprint density at radius 1 is 0.733 bits per heavy atom. The number of hydrogen-bond donors (Lipinski definition) is 9. The summed E-state index contributed by atoms with van der Waals surface area (Å²) in [4.78, 5) is 38.4. The number of ether oxygens (including phenoxy) is 4. The third-order valence-corrected chi connectivity index (χ3v) is 6.83. The molecule has 4 rings (SSSR count). The molecule has 3 aromatic rings. The smallest absolute Gasteiger partial charge is 0.338 e. The summed E-state index contributed by atoms with van der Waals surface area (Å²) in [7, 11) is 0. The number of aliphatic hydroxyl groups excluding tert-OH is 2. The van der Waals surface area contributed by atoms with Gasteiger partial charge in [-0.05, 0) is 48.9 Å². The molecule has 0 radical (unpaired) electrons. The number of phenols is 7. The zero-order chi connectivity index (χ0) is 33.2. The first-order chi connectivity index (χ1) is 21.2. The normalized spacial score (nSPS) is 19.4. The van der Waals surface area contributed by atoms with Crippen molar-refractivity contribution in [3.8, 4) is 40.2 Å². The molecule has 0 bridgehead atoms. The molecule has 1 saturated heterocycles. The fraction of sp³-hybridized carbons (Fsp3) is 0.276. The third kappa shape index (κ3) is 6.87. The van der Waals surface area contributed by atoms with Gasteiger partial charge in [0.25, 0.3) is 0 Å². The number of hydrogen-bond acceptors (Lipinski definition) is 16. The number of aromatic hydroxyl groups is 7. The molecule has 0 saturated carbocycles. The van der Waals surface area contributed by atoms with E-state index in [0.717, 1.165) is 30.3 Å². The van der Waals surface area contributed by atoms with Gasteiger partial charge >= 0.3 is 17.9 Å². The van der Waals surface area contributed by atoms with E-state index in [2.05, 4.69) is 0 Å². The maximum Gasteiger partial charge on any atom is 0.338 e. The monoisotopic (exact) mass is 632 g/mol. The summed E-state index contributed by atoms with van der Waals surface area (Å²) in [6, 6.07) is 5.57. The SMILES string of the molecule is Cc1cc(C(=O)OCC2OCC(OC(=O)c3cc(O)c(O)c(O)c3)C(O)C2OC(=O)c2cc(O)c(O)c(CO)c2)cc(O)c1O. The van der Waals surface area contributed by atoms with Gasteiger partial charge in [0.2, 0.25) is 0 Å².